The van der Waals surface area contributed by atoms with Crippen molar-refractivity contribution in [2.24, 2.45) is 0 Å². The van der Waals surface area contributed by atoms with E-state index in [9.17, 15) is 9.59 Å². The summed E-state index contributed by atoms with van der Waals surface area (Å²) in [6, 6.07) is 3.29. The van der Waals surface area contributed by atoms with Crippen molar-refractivity contribution in [2.45, 2.75) is 97.9 Å². The number of hydrogen-bond donors (Lipinski definition) is 2. The Balaban J connectivity index is 0.000000371. The molecule has 0 fully saturated rings. The molecule has 0 aliphatic carbocycles. The predicted molar refractivity (Wildman–Crippen MR) is 146 cm³/mol. The van der Waals surface area contributed by atoms with Crippen LogP contribution < -0.4 is 10.6 Å². The van der Waals surface area contributed by atoms with E-state index in [2.05, 4.69) is 30.6 Å². The summed E-state index contributed by atoms with van der Waals surface area (Å²) in [5.41, 5.74) is -2.81. The van der Waals surface area contributed by atoms with E-state index in [0.717, 1.165) is 0 Å². The molecule has 0 saturated carbocycles. The Morgan fingerprint density at radius 2 is 1.16 bits per heavy atom. The van der Waals surface area contributed by atoms with Crippen LogP contribution in [0.25, 0.3) is 0 Å². The van der Waals surface area contributed by atoms with Gasteiger partial charge in [0.05, 0.1) is 0 Å². The molecule has 2 aromatic rings. The number of anilines is 2. The third-order valence-corrected chi connectivity index (χ3v) is 4.93. The number of rotatable bonds is 7. The molecule has 0 saturated heterocycles. The van der Waals surface area contributed by atoms with E-state index in [1.54, 1.807) is 32.9 Å². The number of aromatic nitrogens is 4. The molecule has 0 radical (unpaired) electrons. The molecule has 0 spiro atoms. The summed E-state index contributed by atoms with van der Waals surface area (Å²) in [5.74, 6) is 0.294. The van der Waals surface area contributed by atoms with Gasteiger partial charge in [-0.2, -0.15) is 0 Å². The molecule has 0 aliphatic heterocycles. The van der Waals surface area contributed by atoms with Crippen molar-refractivity contribution in [2.75, 3.05) is 10.6 Å². The molecule has 2 rings (SSSR count). The summed E-state index contributed by atoms with van der Waals surface area (Å²) in [4.78, 5) is 39.8. The Morgan fingerprint density at radius 1 is 0.757 bits per heavy atom. The van der Waals surface area contributed by atoms with E-state index in [4.69, 9.17) is 32.7 Å². The molecule has 0 aliphatic rings. The van der Waals surface area contributed by atoms with E-state index in [-0.39, 0.29) is 22.5 Å². The molecule has 2 heterocycles. The summed E-state index contributed by atoms with van der Waals surface area (Å²) in [6.45, 7) is 18.1. The van der Waals surface area contributed by atoms with Crippen molar-refractivity contribution in [3.05, 3.63) is 35.1 Å². The van der Waals surface area contributed by atoms with E-state index in [0.29, 0.717) is 18.1 Å². The summed E-state index contributed by atoms with van der Waals surface area (Å²) < 4.78 is 10.7. The highest BCUT2D eigenvalue weighted by molar-refractivity contribution is 6.28. The second kappa shape index (κ2) is 12.7. The first-order valence-corrected chi connectivity index (χ1v) is 12.5. The molecular formula is C25H38Cl2N6O4. The van der Waals surface area contributed by atoms with E-state index in [1.807, 2.05) is 48.5 Å². The van der Waals surface area contributed by atoms with Gasteiger partial charge in [0.2, 0.25) is 10.6 Å². The van der Waals surface area contributed by atoms with Crippen LogP contribution in [0.2, 0.25) is 10.6 Å². The van der Waals surface area contributed by atoms with Gasteiger partial charge in [-0.3, -0.25) is 0 Å². The molecular weight excluding hydrogens is 519 g/mol. The van der Waals surface area contributed by atoms with Gasteiger partial charge in [-0.15, -0.1) is 0 Å². The highest BCUT2D eigenvalue weighted by atomic mass is 35.5. The van der Waals surface area contributed by atoms with Crippen LogP contribution >= 0.6 is 23.2 Å². The highest BCUT2D eigenvalue weighted by Crippen LogP contribution is 2.22. The van der Waals surface area contributed by atoms with E-state index in [1.165, 1.54) is 12.4 Å². The fourth-order valence-electron chi connectivity index (χ4n) is 2.54. The third-order valence-electron chi connectivity index (χ3n) is 4.56. The Labute approximate surface area is 229 Å². The zero-order valence-corrected chi connectivity index (χ0v) is 24.7. The monoisotopic (exact) mass is 556 g/mol. The van der Waals surface area contributed by atoms with Gasteiger partial charge in [-0.05, 0) is 104 Å². The van der Waals surface area contributed by atoms with Gasteiger partial charge in [0, 0.05) is 12.4 Å². The van der Waals surface area contributed by atoms with Crippen LogP contribution in [0.3, 0.4) is 0 Å². The quantitative estimate of drug-likeness (QED) is 0.322. The van der Waals surface area contributed by atoms with Gasteiger partial charge >= 0.3 is 11.9 Å². The lowest BCUT2D eigenvalue weighted by Gasteiger charge is -2.31. The summed E-state index contributed by atoms with van der Waals surface area (Å²) >= 11 is 11.4. The fraction of sp³-hybridized carbons (Fsp3) is 0.600. The first kappa shape index (κ1) is 32.3. The zero-order chi connectivity index (χ0) is 28.7. The van der Waals surface area contributed by atoms with Crippen molar-refractivity contribution < 1.29 is 19.1 Å². The van der Waals surface area contributed by atoms with Gasteiger partial charge < -0.3 is 20.1 Å². The Kier molecular flexibility index (Phi) is 11.1. The standard InChI is InChI=1S/C13H20ClN3O2.C12H18ClN3O2/c1-6-13(5,10(18)19-12(2,3)4)17-9-7-8-15-11(14)16-9;1-11(2,3)18-9(17)12(4,5)16-8-6-7-14-10(13)15-8/h7-8H,6H2,1-5H3,(H,15,16,17);6-7H,1-5H3,(H,14,15,16)/t13-;/m1./s1. The maximum Gasteiger partial charge on any atom is 0.332 e. The second-order valence-corrected chi connectivity index (χ2v) is 11.7. The van der Waals surface area contributed by atoms with Gasteiger partial charge in [0.25, 0.3) is 0 Å². The number of ether oxygens (including phenoxy) is 2. The highest BCUT2D eigenvalue weighted by Gasteiger charge is 2.36. The van der Waals surface area contributed by atoms with Crippen molar-refractivity contribution in [1.29, 1.82) is 0 Å². The molecule has 0 bridgehead atoms. The molecule has 2 N–H and O–H groups in total. The van der Waals surface area contributed by atoms with Crippen LogP contribution in [0.5, 0.6) is 0 Å². The summed E-state index contributed by atoms with van der Waals surface area (Å²) in [6.07, 6.45) is 3.61. The van der Waals surface area contributed by atoms with Crippen LogP contribution in [-0.4, -0.2) is 54.2 Å². The molecule has 0 amide bonds. The SMILES string of the molecule is CC(C)(C)OC(=O)C(C)(C)Nc1ccnc(Cl)n1.CC[C@@](C)(Nc1ccnc(Cl)n1)C(=O)OC(C)(C)C. The number of halogens is 2. The van der Waals surface area contributed by atoms with E-state index < -0.39 is 22.3 Å². The lowest BCUT2D eigenvalue weighted by atomic mass is 9.98. The van der Waals surface area contributed by atoms with Gasteiger partial charge in [-0.1, -0.05) is 6.92 Å². The number of carbonyl (C=O) groups is 2. The normalized spacial score (nSPS) is 13.4. The minimum Gasteiger partial charge on any atom is -0.458 e. The Bertz CT molecular complexity index is 1070. The molecule has 206 valence electrons. The summed E-state index contributed by atoms with van der Waals surface area (Å²) in [5, 5.41) is 6.29. The maximum absolute atomic E-state index is 12.2. The minimum absolute atomic E-state index is 0.125. The van der Waals surface area contributed by atoms with Crippen LogP contribution in [0, 0.1) is 0 Å². The van der Waals surface area contributed by atoms with Gasteiger partial charge in [-0.25, -0.2) is 29.5 Å². The number of nitrogens with zero attached hydrogens (tertiary/aromatic N) is 4. The number of nitrogens with one attached hydrogen (secondary N) is 2. The molecule has 12 heteroatoms. The minimum atomic E-state index is -0.898. The van der Waals surface area contributed by atoms with Crippen molar-refractivity contribution >= 4 is 46.8 Å². The van der Waals surface area contributed by atoms with Crippen LogP contribution in [0.1, 0.15) is 75.7 Å². The number of hydrogen-bond acceptors (Lipinski definition) is 10. The second-order valence-electron chi connectivity index (χ2n) is 11.0. The smallest absolute Gasteiger partial charge is 0.332 e. The maximum atomic E-state index is 12.2. The average molecular weight is 558 g/mol. The van der Waals surface area contributed by atoms with Gasteiger partial charge in [0.15, 0.2) is 0 Å². The molecule has 1 atom stereocenters. The Morgan fingerprint density at radius 3 is 1.54 bits per heavy atom. The number of esters is 2. The first-order chi connectivity index (χ1) is 16.8. The first-order valence-electron chi connectivity index (χ1n) is 11.8. The lowest BCUT2D eigenvalue weighted by molar-refractivity contribution is -0.160. The lowest BCUT2D eigenvalue weighted by Crippen LogP contribution is -2.47. The molecule has 0 aromatic carbocycles. The molecule has 2 aromatic heterocycles. The molecule has 37 heavy (non-hydrogen) atoms. The number of carbonyl (C=O) groups excluding carboxylic acids is 2. The molecule has 0 unspecified atom stereocenters. The molecule has 10 nitrogen and oxygen atoms in total. The summed E-state index contributed by atoms with van der Waals surface area (Å²) in [7, 11) is 0. The van der Waals surface area contributed by atoms with Crippen LogP contribution in [0.15, 0.2) is 24.5 Å². The Hall–Kier alpha value is -2.72. The fourth-order valence-corrected chi connectivity index (χ4v) is 2.84. The topological polar surface area (TPSA) is 128 Å². The van der Waals surface area contributed by atoms with Crippen LogP contribution in [-0.2, 0) is 19.1 Å². The predicted octanol–water partition coefficient (Wildman–Crippen LogP) is 5.71. The van der Waals surface area contributed by atoms with Crippen molar-refractivity contribution in [3.63, 3.8) is 0 Å². The average Bonchev–Trinajstić information content (AvgIpc) is 2.71. The van der Waals surface area contributed by atoms with Crippen molar-refractivity contribution in [1.82, 2.24) is 19.9 Å². The third kappa shape index (κ3) is 11.9. The largest absolute Gasteiger partial charge is 0.458 e. The van der Waals surface area contributed by atoms with Crippen LogP contribution in [0.4, 0.5) is 11.6 Å². The van der Waals surface area contributed by atoms with Crippen molar-refractivity contribution in [3.8, 4) is 0 Å². The van der Waals surface area contributed by atoms with Gasteiger partial charge in [0.1, 0.15) is 33.9 Å². The zero-order valence-electron chi connectivity index (χ0n) is 23.2. The van der Waals surface area contributed by atoms with E-state index >= 15 is 0 Å².